The number of Topliss-reactive ketones (excluding diaryl/α,β-unsaturated/α-hetero) is 1. The van der Waals surface area contributed by atoms with Crippen LogP contribution in [0.1, 0.15) is 22.2 Å². The van der Waals surface area contributed by atoms with Gasteiger partial charge in [-0.2, -0.15) is 0 Å². The fourth-order valence-electron chi connectivity index (χ4n) is 1.42. The van der Waals surface area contributed by atoms with Gasteiger partial charge in [-0.15, -0.1) is 0 Å². The van der Waals surface area contributed by atoms with Crippen LogP contribution in [0.5, 0.6) is 0 Å². The SMILES string of the molecule is O=C(c1ccc[nH]1)C(O)c1ccccc1. The summed E-state index contributed by atoms with van der Waals surface area (Å²) in [6, 6.07) is 12.3. The minimum absolute atomic E-state index is 0.314. The summed E-state index contributed by atoms with van der Waals surface area (Å²) >= 11 is 0. The van der Waals surface area contributed by atoms with Crippen LogP contribution in [0.25, 0.3) is 0 Å². The highest BCUT2D eigenvalue weighted by Crippen LogP contribution is 2.16. The fraction of sp³-hybridized carbons (Fsp3) is 0.0833. The molecule has 0 spiro atoms. The van der Waals surface area contributed by atoms with Gasteiger partial charge in [0.2, 0.25) is 5.78 Å². The molecule has 3 heteroatoms. The third-order valence-electron chi connectivity index (χ3n) is 2.23. The average Bonchev–Trinajstić information content (AvgIpc) is 2.82. The number of hydrogen-bond acceptors (Lipinski definition) is 2. The highest BCUT2D eigenvalue weighted by atomic mass is 16.3. The first-order chi connectivity index (χ1) is 7.29. The molecule has 1 unspecified atom stereocenters. The van der Waals surface area contributed by atoms with Gasteiger partial charge in [-0.1, -0.05) is 30.3 Å². The zero-order valence-electron chi connectivity index (χ0n) is 8.05. The van der Waals surface area contributed by atoms with Crippen LogP contribution in [0.3, 0.4) is 0 Å². The van der Waals surface area contributed by atoms with Crippen LogP contribution >= 0.6 is 0 Å². The molecule has 0 aliphatic rings. The maximum atomic E-state index is 11.7. The Balaban J connectivity index is 2.23. The van der Waals surface area contributed by atoms with Crippen molar-refractivity contribution in [2.24, 2.45) is 0 Å². The van der Waals surface area contributed by atoms with Crippen molar-refractivity contribution < 1.29 is 9.90 Å². The fourth-order valence-corrected chi connectivity index (χ4v) is 1.42. The number of carbonyl (C=O) groups is 1. The summed E-state index contributed by atoms with van der Waals surface area (Å²) in [6.45, 7) is 0. The largest absolute Gasteiger partial charge is 0.380 e. The molecule has 0 bridgehead atoms. The molecule has 76 valence electrons. The molecule has 1 heterocycles. The molecule has 1 atom stereocenters. The predicted octanol–water partition coefficient (Wildman–Crippen LogP) is 1.93. The van der Waals surface area contributed by atoms with E-state index in [4.69, 9.17) is 0 Å². The van der Waals surface area contributed by atoms with Crippen molar-refractivity contribution in [2.45, 2.75) is 6.10 Å². The number of aromatic amines is 1. The topological polar surface area (TPSA) is 53.1 Å². The summed E-state index contributed by atoms with van der Waals surface area (Å²) in [6.07, 6.45) is 0.565. The molecule has 1 aromatic heterocycles. The molecular weight excluding hydrogens is 190 g/mol. The average molecular weight is 201 g/mol. The van der Waals surface area contributed by atoms with Gasteiger partial charge in [0.15, 0.2) is 0 Å². The van der Waals surface area contributed by atoms with Crippen LogP contribution in [0.2, 0.25) is 0 Å². The summed E-state index contributed by atoms with van der Waals surface area (Å²) < 4.78 is 0. The van der Waals surface area contributed by atoms with Crippen LogP contribution in [0, 0.1) is 0 Å². The van der Waals surface area contributed by atoms with Crippen molar-refractivity contribution in [3.8, 4) is 0 Å². The van der Waals surface area contributed by atoms with Gasteiger partial charge >= 0.3 is 0 Å². The van der Waals surface area contributed by atoms with Gasteiger partial charge < -0.3 is 10.1 Å². The van der Waals surface area contributed by atoms with E-state index >= 15 is 0 Å². The number of aliphatic hydroxyl groups excluding tert-OH is 1. The maximum absolute atomic E-state index is 11.7. The monoisotopic (exact) mass is 201 g/mol. The Hall–Kier alpha value is -1.87. The number of benzene rings is 1. The second-order valence-electron chi connectivity index (χ2n) is 3.26. The Morgan fingerprint density at radius 3 is 2.47 bits per heavy atom. The Labute approximate surface area is 87.4 Å². The first kappa shape index (κ1) is 9.68. The van der Waals surface area contributed by atoms with Gasteiger partial charge in [-0.05, 0) is 17.7 Å². The molecule has 2 aromatic rings. The van der Waals surface area contributed by atoms with E-state index in [1.165, 1.54) is 0 Å². The summed E-state index contributed by atoms with van der Waals surface area (Å²) in [7, 11) is 0. The number of hydrogen-bond donors (Lipinski definition) is 2. The first-order valence-corrected chi connectivity index (χ1v) is 4.69. The second kappa shape index (κ2) is 4.11. The van der Waals surface area contributed by atoms with E-state index in [1.54, 1.807) is 42.6 Å². The predicted molar refractivity (Wildman–Crippen MR) is 56.5 cm³/mol. The smallest absolute Gasteiger partial charge is 0.211 e. The highest BCUT2D eigenvalue weighted by Gasteiger charge is 2.19. The standard InChI is InChI=1S/C12H11NO2/c14-11(9-5-2-1-3-6-9)12(15)10-7-4-8-13-10/h1-8,11,13-14H. The van der Waals surface area contributed by atoms with Crippen LogP contribution in [0.4, 0.5) is 0 Å². The molecule has 1 aromatic carbocycles. The molecule has 2 N–H and O–H groups in total. The zero-order valence-corrected chi connectivity index (χ0v) is 8.05. The van der Waals surface area contributed by atoms with Crippen molar-refractivity contribution in [2.75, 3.05) is 0 Å². The number of rotatable bonds is 3. The Morgan fingerprint density at radius 2 is 1.87 bits per heavy atom. The van der Waals surface area contributed by atoms with Crippen LogP contribution in [0.15, 0.2) is 48.7 Å². The van der Waals surface area contributed by atoms with Crippen molar-refractivity contribution in [3.05, 3.63) is 59.9 Å². The molecule has 3 nitrogen and oxygen atoms in total. The molecule has 0 aliphatic carbocycles. The molecule has 15 heavy (non-hydrogen) atoms. The second-order valence-corrected chi connectivity index (χ2v) is 3.26. The normalized spacial score (nSPS) is 12.3. The molecule has 0 saturated carbocycles. The lowest BCUT2D eigenvalue weighted by atomic mass is 10.0. The lowest BCUT2D eigenvalue weighted by molar-refractivity contribution is 0.0742. The third-order valence-corrected chi connectivity index (χ3v) is 2.23. The summed E-state index contributed by atoms with van der Waals surface area (Å²) in [5.74, 6) is -0.314. The van der Waals surface area contributed by atoms with Gasteiger partial charge in [-0.3, -0.25) is 4.79 Å². The number of aromatic nitrogens is 1. The van der Waals surface area contributed by atoms with Crippen LogP contribution in [-0.4, -0.2) is 15.9 Å². The van der Waals surface area contributed by atoms with Gasteiger partial charge in [0.1, 0.15) is 6.10 Å². The Morgan fingerprint density at radius 1 is 1.13 bits per heavy atom. The minimum atomic E-state index is -1.09. The summed E-state index contributed by atoms with van der Waals surface area (Å²) in [5.41, 5.74) is 1.03. The number of aliphatic hydroxyl groups is 1. The molecule has 0 saturated heterocycles. The molecular formula is C12H11NO2. The highest BCUT2D eigenvalue weighted by molar-refractivity contribution is 5.98. The Kier molecular flexibility index (Phi) is 2.65. The molecule has 0 aliphatic heterocycles. The van der Waals surface area contributed by atoms with E-state index in [1.807, 2.05) is 6.07 Å². The molecule has 2 rings (SSSR count). The molecule has 0 fully saturated rings. The minimum Gasteiger partial charge on any atom is -0.380 e. The van der Waals surface area contributed by atoms with E-state index in [2.05, 4.69) is 4.98 Å². The van der Waals surface area contributed by atoms with E-state index in [-0.39, 0.29) is 5.78 Å². The molecule has 0 radical (unpaired) electrons. The van der Waals surface area contributed by atoms with E-state index < -0.39 is 6.10 Å². The number of nitrogens with one attached hydrogen (secondary N) is 1. The van der Waals surface area contributed by atoms with Crippen molar-refractivity contribution in [1.29, 1.82) is 0 Å². The molecule has 0 amide bonds. The maximum Gasteiger partial charge on any atom is 0.211 e. The van der Waals surface area contributed by atoms with Crippen LogP contribution in [-0.2, 0) is 0 Å². The van der Waals surface area contributed by atoms with Crippen molar-refractivity contribution in [1.82, 2.24) is 4.98 Å². The van der Waals surface area contributed by atoms with Gasteiger partial charge in [0.25, 0.3) is 0 Å². The Bertz CT molecular complexity index is 434. The zero-order chi connectivity index (χ0) is 10.7. The first-order valence-electron chi connectivity index (χ1n) is 4.69. The van der Waals surface area contributed by atoms with E-state index in [0.29, 0.717) is 11.3 Å². The van der Waals surface area contributed by atoms with Gasteiger partial charge in [0.05, 0.1) is 5.69 Å². The third kappa shape index (κ3) is 1.97. The van der Waals surface area contributed by atoms with Gasteiger partial charge in [-0.25, -0.2) is 0 Å². The lowest BCUT2D eigenvalue weighted by Gasteiger charge is -2.08. The lowest BCUT2D eigenvalue weighted by Crippen LogP contribution is -2.12. The number of carbonyl (C=O) groups excluding carboxylic acids is 1. The van der Waals surface area contributed by atoms with Crippen molar-refractivity contribution in [3.63, 3.8) is 0 Å². The number of ketones is 1. The van der Waals surface area contributed by atoms with Crippen LogP contribution < -0.4 is 0 Å². The van der Waals surface area contributed by atoms with Gasteiger partial charge in [0, 0.05) is 6.20 Å². The van der Waals surface area contributed by atoms with E-state index in [9.17, 15) is 9.90 Å². The summed E-state index contributed by atoms with van der Waals surface area (Å²) in [5, 5.41) is 9.79. The van der Waals surface area contributed by atoms with Crippen molar-refractivity contribution >= 4 is 5.78 Å². The summed E-state index contributed by atoms with van der Waals surface area (Å²) in [4.78, 5) is 14.5. The number of H-pyrrole nitrogens is 1. The quantitative estimate of drug-likeness (QED) is 0.745. The van der Waals surface area contributed by atoms with E-state index in [0.717, 1.165) is 0 Å².